The summed E-state index contributed by atoms with van der Waals surface area (Å²) in [7, 11) is 0. The molecule has 0 aromatic heterocycles. The highest BCUT2D eigenvalue weighted by atomic mass is 16.2. The molecule has 2 saturated heterocycles. The molecule has 0 spiro atoms. The maximum atomic E-state index is 12.4. The Bertz CT molecular complexity index is 392. The number of nitrogens with zero attached hydrogens (tertiary/aromatic N) is 2. The van der Waals surface area contributed by atoms with Gasteiger partial charge in [-0.15, -0.1) is 0 Å². The van der Waals surface area contributed by atoms with Crippen molar-refractivity contribution in [1.82, 2.24) is 9.80 Å². The molecule has 2 fully saturated rings. The zero-order valence-electron chi connectivity index (χ0n) is 11.7. The van der Waals surface area contributed by atoms with Gasteiger partial charge in [-0.2, -0.15) is 0 Å². The largest absolute Gasteiger partial charge is 0.342 e. The normalized spacial score (nSPS) is 25.1. The monoisotopic (exact) mass is 266 g/mol. The number of carbonyl (C=O) groups is 3. The van der Waals surface area contributed by atoms with Crippen LogP contribution in [0.1, 0.15) is 39.5 Å². The van der Waals surface area contributed by atoms with Crippen LogP contribution in [-0.4, -0.2) is 53.1 Å². The topological polar surface area (TPSA) is 57.7 Å². The number of hydrogen-bond acceptors (Lipinski definition) is 3. The number of carbonyl (C=O) groups excluding carboxylic acids is 3. The lowest BCUT2D eigenvalue weighted by Gasteiger charge is -2.24. The van der Waals surface area contributed by atoms with Crippen molar-refractivity contribution in [3.63, 3.8) is 0 Å². The Labute approximate surface area is 113 Å². The van der Waals surface area contributed by atoms with Crippen molar-refractivity contribution in [3.8, 4) is 0 Å². The molecule has 2 rings (SSSR count). The molecule has 0 aromatic carbocycles. The number of amides is 2. The van der Waals surface area contributed by atoms with E-state index in [-0.39, 0.29) is 29.6 Å². The fraction of sp³-hybridized carbons (Fsp3) is 0.786. The Morgan fingerprint density at radius 2 is 1.95 bits per heavy atom. The second-order valence-corrected chi connectivity index (χ2v) is 5.76. The van der Waals surface area contributed by atoms with E-state index in [1.54, 1.807) is 9.80 Å². The van der Waals surface area contributed by atoms with Gasteiger partial charge in [-0.1, -0.05) is 0 Å². The minimum atomic E-state index is -0.219. The molecule has 0 bridgehead atoms. The summed E-state index contributed by atoms with van der Waals surface area (Å²) in [6.45, 7) is 5.63. The third kappa shape index (κ3) is 3.14. The molecule has 0 saturated carbocycles. The molecule has 2 aliphatic rings. The Morgan fingerprint density at radius 1 is 1.21 bits per heavy atom. The van der Waals surface area contributed by atoms with Gasteiger partial charge in [0.05, 0.1) is 5.92 Å². The van der Waals surface area contributed by atoms with Crippen LogP contribution in [0.3, 0.4) is 0 Å². The van der Waals surface area contributed by atoms with Crippen LogP contribution in [0, 0.1) is 5.92 Å². The summed E-state index contributed by atoms with van der Waals surface area (Å²) in [5.41, 5.74) is 0. The number of rotatable bonds is 2. The van der Waals surface area contributed by atoms with Gasteiger partial charge in [0.1, 0.15) is 5.78 Å². The number of likely N-dealkylation sites (tertiary alicyclic amines) is 2. The highest BCUT2D eigenvalue weighted by Crippen LogP contribution is 2.23. The van der Waals surface area contributed by atoms with Gasteiger partial charge in [0.15, 0.2) is 0 Å². The summed E-state index contributed by atoms with van der Waals surface area (Å²) >= 11 is 0. The van der Waals surface area contributed by atoms with E-state index in [2.05, 4.69) is 0 Å². The van der Waals surface area contributed by atoms with Crippen LogP contribution in [0.4, 0.5) is 0 Å². The maximum Gasteiger partial charge on any atom is 0.228 e. The van der Waals surface area contributed by atoms with Crippen molar-refractivity contribution < 1.29 is 14.4 Å². The van der Waals surface area contributed by atoms with E-state index >= 15 is 0 Å². The molecule has 2 aliphatic heterocycles. The van der Waals surface area contributed by atoms with E-state index in [9.17, 15) is 14.4 Å². The van der Waals surface area contributed by atoms with E-state index in [1.807, 2.05) is 13.8 Å². The molecular formula is C14H22N2O3. The van der Waals surface area contributed by atoms with Crippen molar-refractivity contribution in [2.75, 3.05) is 19.6 Å². The Kier molecular flexibility index (Phi) is 4.22. The number of ketones is 1. The van der Waals surface area contributed by atoms with Gasteiger partial charge in [-0.25, -0.2) is 0 Å². The van der Waals surface area contributed by atoms with E-state index < -0.39 is 0 Å². The second-order valence-electron chi connectivity index (χ2n) is 5.76. The molecule has 1 atom stereocenters. The van der Waals surface area contributed by atoms with Gasteiger partial charge in [-0.05, 0) is 20.3 Å². The summed E-state index contributed by atoms with van der Waals surface area (Å²) in [6.07, 6.45) is 2.10. The molecule has 5 nitrogen and oxygen atoms in total. The summed E-state index contributed by atoms with van der Waals surface area (Å²) in [5, 5.41) is 0. The van der Waals surface area contributed by atoms with Crippen molar-refractivity contribution >= 4 is 17.6 Å². The molecule has 0 radical (unpaired) electrons. The van der Waals surface area contributed by atoms with E-state index in [0.29, 0.717) is 38.9 Å². The first-order valence-electron chi connectivity index (χ1n) is 7.09. The lowest BCUT2D eigenvalue weighted by molar-refractivity contribution is -0.135. The Morgan fingerprint density at radius 3 is 2.58 bits per heavy atom. The first-order chi connectivity index (χ1) is 8.99. The number of hydrogen-bond donors (Lipinski definition) is 0. The van der Waals surface area contributed by atoms with E-state index in [4.69, 9.17) is 0 Å². The van der Waals surface area contributed by atoms with Crippen molar-refractivity contribution in [1.29, 1.82) is 0 Å². The van der Waals surface area contributed by atoms with Crippen LogP contribution in [-0.2, 0) is 14.4 Å². The van der Waals surface area contributed by atoms with Crippen LogP contribution in [0.25, 0.3) is 0 Å². The van der Waals surface area contributed by atoms with Crippen LogP contribution in [0.15, 0.2) is 0 Å². The second kappa shape index (κ2) is 5.72. The maximum absolute atomic E-state index is 12.4. The minimum absolute atomic E-state index is 0.0474. The first kappa shape index (κ1) is 14.0. The van der Waals surface area contributed by atoms with Gasteiger partial charge >= 0.3 is 0 Å². The summed E-state index contributed by atoms with van der Waals surface area (Å²) in [5.74, 6) is 0.134. The fourth-order valence-electron chi connectivity index (χ4n) is 2.84. The van der Waals surface area contributed by atoms with Gasteiger partial charge in [0.2, 0.25) is 11.8 Å². The zero-order valence-corrected chi connectivity index (χ0v) is 11.7. The van der Waals surface area contributed by atoms with Crippen LogP contribution >= 0.6 is 0 Å². The molecule has 0 aliphatic carbocycles. The first-order valence-corrected chi connectivity index (χ1v) is 7.09. The molecular weight excluding hydrogens is 244 g/mol. The molecule has 1 unspecified atom stereocenters. The Balaban J connectivity index is 1.97. The van der Waals surface area contributed by atoms with Gasteiger partial charge in [0.25, 0.3) is 0 Å². The molecule has 106 valence electrons. The lowest BCUT2D eigenvalue weighted by Crippen LogP contribution is -2.39. The van der Waals surface area contributed by atoms with Gasteiger partial charge < -0.3 is 9.80 Å². The van der Waals surface area contributed by atoms with Crippen LogP contribution < -0.4 is 0 Å². The quantitative estimate of drug-likeness (QED) is 0.743. The third-order valence-corrected chi connectivity index (χ3v) is 3.99. The highest BCUT2D eigenvalue weighted by molar-refractivity contribution is 5.90. The van der Waals surface area contributed by atoms with Crippen molar-refractivity contribution in [3.05, 3.63) is 0 Å². The van der Waals surface area contributed by atoms with E-state index in [0.717, 1.165) is 6.42 Å². The molecule has 19 heavy (non-hydrogen) atoms. The SMILES string of the molecule is CC(C)N1CC(C(=O)N2CCCC(=O)CC2)CC1=O. The zero-order chi connectivity index (χ0) is 14.0. The summed E-state index contributed by atoms with van der Waals surface area (Å²) < 4.78 is 0. The smallest absolute Gasteiger partial charge is 0.228 e. The molecule has 2 amide bonds. The lowest BCUT2D eigenvalue weighted by atomic mass is 10.1. The van der Waals surface area contributed by atoms with E-state index in [1.165, 1.54) is 0 Å². The van der Waals surface area contributed by atoms with Crippen LogP contribution in [0.2, 0.25) is 0 Å². The highest BCUT2D eigenvalue weighted by Gasteiger charge is 2.37. The average molecular weight is 266 g/mol. The minimum Gasteiger partial charge on any atom is -0.342 e. The average Bonchev–Trinajstić information content (AvgIpc) is 2.61. The summed E-state index contributed by atoms with van der Waals surface area (Å²) in [6, 6.07) is 0.149. The van der Waals surface area contributed by atoms with Crippen molar-refractivity contribution in [2.24, 2.45) is 5.92 Å². The third-order valence-electron chi connectivity index (χ3n) is 3.99. The predicted octanol–water partition coefficient (Wildman–Crippen LogP) is 0.825. The molecule has 0 N–H and O–H groups in total. The number of Topliss-reactive ketones (excluding diaryl/α,β-unsaturated/α-hetero) is 1. The van der Waals surface area contributed by atoms with Gasteiger partial charge in [-0.3, -0.25) is 14.4 Å². The molecule has 0 aromatic rings. The summed E-state index contributed by atoms with van der Waals surface area (Å²) in [4.78, 5) is 39.1. The van der Waals surface area contributed by atoms with Gasteiger partial charge in [0, 0.05) is 44.9 Å². The standard InChI is InChI=1S/C14H22N2O3/c1-10(2)16-9-11(8-13(16)18)14(19)15-6-3-4-12(17)5-7-15/h10-11H,3-9H2,1-2H3. The van der Waals surface area contributed by atoms with Crippen molar-refractivity contribution in [2.45, 2.75) is 45.6 Å². The molecule has 2 heterocycles. The molecule has 5 heteroatoms. The predicted molar refractivity (Wildman–Crippen MR) is 70.4 cm³/mol. The Hall–Kier alpha value is -1.39. The fourth-order valence-corrected chi connectivity index (χ4v) is 2.84. The van der Waals surface area contributed by atoms with Crippen LogP contribution in [0.5, 0.6) is 0 Å².